The van der Waals surface area contributed by atoms with E-state index in [2.05, 4.69) is 5.32 Å². The molecule has 0 spiro atoms. The summed E-state index contributed by atoms with van der Waals surface area (Å²) in [5.41, 5.74) is 2.21. The number of furan rings is 1. The summed E-state index contributed by atoms with van der Waals surface area (Å²) >= 11 is 0. The number of phenols is 1. The topological polar surface area (TPSA) is 62.5 Å². The highest BCUT2D eigenvalue weighted by atomic mass is 16.3. The van der Waals surface area contributed by atoms with E-state index in [-0.39, 0.29) is 11.7 Å². The number of nitrogens with one attached hydrogen (secondary N) is 1. The van der Waals surface area contributed by atoms with Crippen LogP contribution in [0, 0.1) is 13.8 Å². The second-order valence-electron chi connectivity index (χ2n) is 4.29. The molecule has 2 rings (SSSR count). The van der Waals surface area contributed by atoms with Crippen molar-refractivity contribution in [3.05, 3.63) is 53.5 Å². The zero-order valence-electron chi connectivity index (χ0n) is 10.8. The van der Waals surface area contributed by atoms with Crippen LogP contribution in [0.1, 0.15) is 16.9 Å². The number of hydrogen-bond donors (Lipinski definition) is 2. The first kappa shape index (κ1) is 13.0. The molecule has 0 unspecified atom stereocenters. The van der Waals surface area contributed by atoms with Crippen molar-refractivity contribution in [2.75, 3.05) is 5.32 Å². The van der Waals surface area contributed by atoms with Crippen LogP contribution in [0.3, 0.4) is 0 Å². The molecule has 0 radical (unpaired) electrons. The van der Waals surface area contributed by atoms with Gasteiger partial charge in [-0.3, -0.25) is 4.79 Å². The number of amides is 1. The first-order chi connectivity index (χ1) is 9.06. The number of aryl methyl sites for hydroxylation is 2. The summed E-state index contributed by atoms with van der Waals surface area (Å²) in [4.78, 5) is 11.8. The van der Waals surface area contributed by atoms with Crippen molar-refractivity contribution in [2.24, 2.45) is 0 Å². The molecule has 0 atom stereocenters. The molecule has 2 N–H and O–H groups in total. The van der Waals surface area contributed by atoms with Crippen LogP contribution in [0.2, 0.25) is 0 Å². The monoisotopic (exact) mass is 257 g/mol. The van der Waals surface area contributed by atoms with Gasteiger partial charge in [0.1, 0.15) is 11.5 Å². The Hall–Kier alpha value is -2.49. The Balaban J connectivity index is 2.09. The average molecular weight is 257 g/mol. The minimum absolute atomic E-state index is 0.224. The molecule has 2 aromatic rings. The van der Waals surface area contributed by atoms with Crippen molar-refractivity contribution in [3.8, 4) is 5.75 Å². The fraction of sp³-hybridized carbons (Fsp3) is 0.133. The molecular formula is C15H15NO3. The van der Waals surface area contributed by atoms with Gasteiger partial charge in [-0.1, -0.05) is 0 Å². The van der Waals surface area contributed by atoms with Gasteiger partial charge in [-0.2, -0.15) is 0 Å². The third kappa shape index (κ3) is 3.25. The summed E-state index contributed by atoms with van der Waals surface area (Å²) in [7, 11) is 0. The lowest BCUT2D eigenvalue weighted by Crippen LogP contribution is -2.09. The number of benzene rings is 1. The van der Waals surface area contributed by atoms with E-state index >= 15 is 0 Å². The van der Waals surface area contributed by atoms with E-state index in [1.165, 1.54) is 6.08 Å². The van der Waals surface area contributed by atoms with Crippen LogP contribution < -0.4 is 5.32 Å². The number of aromatic hydroxyl groups is 1. The van der Waals surface area contributed by atoms with Crippen LogP contribution in [0.25, 0.3) is 6.08 Å². The van der Waals surface area contributed by atoms with Crippen molar-refractivity contribution in [3.63, 3.8) is 0 Å². The molecule has 4 heteroatoms. The molecule has 0 bridgehead atoms. The predicted octanol–water partition coefficient (Wildman–Crippen LogP) is 3.25. The molecule has 1 heterocycles. The number of carbonyl (C=O) groups is 1. The highest BCUT2D eigenvalue weighted by molar-refractivity contribution is 6.02. The lowest BCUT2D eigenvalue weighted by Gasteiger charge is -2.09. The Labute approximate surface area is 111 Å². The van der Waals surface area contributed by atoms with Gasteiger partial charge in [0.05, 0.1) is 6.26 Å². The van der Waals surface area contributed by atoms with Gasteiger partial charge in [-0.15, -0.1) is 0 Å². The Kier molecular flexibility index (Phi) is 3.71. The normalized spacial score (nSPS) is 10.8. The number of phenolic OH excluding ortho intramolecular Hbond substituents is 1. The largest absolute Gasteiger partial charge is 0.508 e. The van der Waals surface area contributed by atoms with Crippen LogP contribution in [0.4, 0.5) is 5.69 Å². The second kappa shape index (κ2) is 5.44. The van der Waals surface area contributed by atoms with Gasteiger partial charge in [0.15, 0.2) is 0 Å². The molecule has 0 aliphatic carbocycles. The molecule has 19 heavy (non-hydrogen) atoms. The third-order valence-electron chi connectivity index (χ3n) is 2.74. The Morgan fingerprint density at radius 3 is 2.79 bits per heavy atom. The second-order valence-corrected chi connectivity index (χ2v) is 4.29. The van der Waals surface area contributed by atoms with Crippen LogP contribution in [0.5, 0.6) is 5.75 Å². The summed E-state index contributed by atoms with van der Waals surface area (Å²) < 4.78 is 5.09. The summed E-state index contributed by atoms with van der Waals surface area (Å²) in [6.07, 6.45) is 4.55. The van der Waals surface area contributed by atoms with Gasteiger partial charge in [0.25, 0.3) is 0 Å². The highest BCUT2D eigenvalue weighted by Crippen LogP contribution is 2.24. The van der Waals surface area contributed by atoms with Gasteiger partial charge in [0, 0.05) is 11.8 Å². The summed E-state index contributed by atoms with van der Waals surface area (Å²) in [6, 6.07) is 6.88. The Morgan fingerprint density at radius 2 is 2.11 bits per heavy atom. The lowest BCUT2D eigenvalue weighted by molar-refractivity contribution is -0.111. The minimum Gasteiger partial charge on any atom is -0.508 e. The first-order valence-corrected chi connectivity index (χ1v) is 5.89. The number of carbonyl (C=O) groups excluding carboxylic acids is 1. The molecule has 1 amide bonds. The standard InChI is InChI=1S/C15H15NO3/c1-10-9-14(17)11(2)8-13(10)16-15(18)6-5-12-4-3-7-19-12/h3-9,17H,1-2H3,(H,16,18)/b6-5+. The van der Waals surface area contributed by atoms with Gasteiger partial charge in [0.2, 0.25) is 5.91 Å². The average Bonchev–Trinajstić information content (AvgIpc) is 2.86. The first-order valence-electron chi connectivity index (χ1n) is 5.89. The quantitative estimate of drug-likeness (QED) is 0.655. The molecule has 1 aromatic heterocycles. The van der Waals surface area contributed by atoms with Crippen molar-refractivity contribution in [1.29, 1.82) is 0 Å². The maximum absolute atomic E-state index is 11.8. The number of rotatable bonds is 3. The minimum atomic E-state index is -0.246. The highest BCUT2D eigenvalue weighted by Gasteiger charge is 2.05. The Bertz CT molecular complexity index is 613. The summed E-state index contributed by atoms with van der Waals surface area (Å²) in [5.74, 6) is 0.597. The number of anilines is 1. The molecule has 0 saturated carbocycles. The van der Waals surface area contributed by atoms with Crippen LogP contribution in [-0.4, -0.2) is 11.0 Å². The predicted molar refractivity (Wildman–Crippen MR) is 74.0 cm³/mol. The van der Waals surface area contributed by atoms with E-state index in [1.807, 2.05) is 6.92 Å². The van der Waals surface area contributed by atoms with Crippen molar-refractivity contribution in [1.82, 2.24) is 0 Å². The van der Waals surface area contributed by atoms with E-state index < -0.39 is 0 Å². The molecular weight excluding hydrogens is 242 g/mol. The van der Waals surface area contributed by atoms with Crippen LogP contribution in [-0.2, 0) is 4.79 Å². The SMILES string of the molecule is Cc1cc(NC(=O)/C=C/c2ccco2)c(C)cc1O. The van der Waals surface area contributed by atoms with Gasteiger partial charge in [-0.25, -0.2) is 0 Å². The third-order valence-corrected chi connectivity index (χ3v) is 2.74. The van der Waals surface area contributed by atoms with Gasteiger partial charge >= 0.3 is 0 Å². The van der Waals surface area contributed by atoms with Crippen molar-refractivity contribution in [2.45, 2.75) is 13.8 Å². The maximum atomic E-state index is 11.8. The molecule has 4 nitrogen and oxygen atoms in total. The molecule has 0 aliphatic heterocycles. The van der Waals surface area contributed by atoms with Crippen molar-refractivity contribution < 1.29 is 14.3 Å². The maximum Gasteiger partial charge on any atom is 0.248 e. The van der Waals surface area contributed by atoms with Gasteiger partial charge < -0.3 is 14.8 Å². The smallest absolute Gasteiger partial charge is 0.248 e. The molecule has 1 aromatic carbocycles. The Morgan fingerprint density at radius 1 is 1.32 bits per heavy atom. The van der Waals surface area contributed by atoms with E-state index in [0.29, 0.717) is 11.4 Å². The fourth-order valence-electron chi connectivity index (χ4n) is 1.65. The van der Waals surface area contributed by atoms with E-state index in [0.717, 1.165) is 11.1 Å². The van der Waals surface area contributed by atoms with E-state index in [9.17, 15) is 9.90 Å². The summed E-state index contributed by atoms with van der Waals surface area (Å²) in [5, 5.41) is 12.3. The molecule has 0 fully saturated rings. The summed E-state index contributed by atoms with van der Waals surface area (Å²) in [6.45, 7) is 3.61. The molecule has 0 saturated heterocycles. The van der Waals surface area contributed by atoms with E-state index in [4.69, 9.17) is 4.42 Å². The fourth-order valence-corrected chi connectivity index (χ4v) is 1.65. The van der Waals surface area contributed by atoms with E-state index in [1.54, 1.807) is 43.5 Å². The molecule has 98 valence electrons. The van der Waals surface area contributed by atoms with Crippen molar-refractivity contribution >= 4 is 17.7 Å². The molecule has 0 aliphatic rings. The van der Waals surface area contributed by atoms with Crippen LogP contribution >= 0.6 is 0 Å². The van der Waals surface area contributed by atoms with Gasteiger partial charge in [-0.05, 0) is 55.3 Å². The zero-order chi connectivity index (χ0) is 13.8. The zero-order valence-corrected chi connectivity index (χ0v) is 10.8. The van der Waals surface area contributed by atoms with Crippen LogP contribution in [0.15, 0.2) is 41.0 Å². The lowest BCUT2D eigenvalue weighted by atomic mass is 10.1. The number of hydrogen-bond acceptors (Lipinski definition) is 3.